The van der Waals surface area contributed by atoms with E-state index in [2.05, 4.69) is 56.0 Å². The van der Waals surface area contributed by atoms with Gasteiger partial charge in [-0.05, 0) is 71.5 Å². The predicted octanol–water partition coefficient (Wildman–Crippen LogP) is 5.57. The van der Waals surface area contributed by atoms with Crippen LogP contribution in [0.5, 0.6) is 0 Å². The summed E-state index contributed by atoms with van der Waals surface area (Å²) in [6.45, 7) is 1.93. The first-order chi connectivity index (χ1) is 14.6. The minimum absolute atomic E-state index is 0.126. The molecule has 0 fully saturated rings. The number of allylic oxidation sites excluding steroid dienone is 1. The van der Waals surface area contributed by atoms with Gasteiger partial charge in [-0.2, -0.15) is 0 Å². The number of nitrogens with one attached hydrogen (secondary N) is 2. The van der Waals surface area contributed by atoms with Gasteiger partial charge in [-0.1, -0.05) is 42.5 Å². The first-order valence-electron chi connectivity index (χ1n) is 9.68. The molecule has 148 valence electrons. The molecule has 0 aliphatic carbocycles. The number of imidazole rings is 1. The summed E-state index contributed by atoms with van der Waals surface area (Å²) in [6, 6.07) is 25.5. The van der Waals surface area contributed by atoms with E-state index in [1.165, 1.54) is 0 Å². The summed E-state index contributed by atoms with van der Waals surface area (Å²) in [6.07, 6.45) is 0. The maximum atomic E-state index is 13.5. The summed E-state index contributed by atoms with van der Waals surface area (Å²) in [4.78, 5) is 18.2. The molecule has 1 atom stereocenters. The van der Waals surface area contributed by atoms with Crippen molar-refractivity contribution in [1.82, 2.24) is 9.55 Å². The second-order valence-corrected chi connectivity index (χ2v) is 8.48. The van der Waals surface area contributed by atoms with Crippen LogP contribution in [-0.4, -0.2) is 15.5 Å². The number of amides is 1. The van der Waals surface area contributed by atoms with Crippen LogP contribution in [0.2, 0.25) is 0 Å². The Kier molecular flexibility index (Phi) is 4.78. The lowest BCUT2D eigenvalue weighted by Gasteiger charge is -2.30. The lowest BCUT2D eigenvalue weighted by molar-refractivity contribution is -0.113. The number of halogens is 1. The molecule has 0 bridgehead atoms. The number of carbonyl (C=O) groups excluding carboxylic acids is 1. The molecule has 1 amide bonds. The number of carbonyl (C=O) groups is 1. The number of fused-ring (bicyclic) bond motifs is 3. The fourth-order valence-electron chi connectivity index (χ4n) is 3.97. The monoisotopic (exact) mass is 506 g/mol. The Labute approximate surface area is 188 Å². The van der Waals surface area contributed by atoms with Crippen molar-refractivity contribution in [2.24, 2.45) is 0 Å². The average Bonchev–Trinajstić information content (AvgIpc) is 3.11. The van der Waals surface area contributed by atoms with Crippen molar-refractivity contribution in [3.05, 3.63) is 99.3 Å². The van der Waals surface area contributed by atoms with Crippen LogP contribution < -0.4 is 10.6 Å². The van der Waals surface area contributed by atoms with Gasteiger partial charge in [0.25, 0.3) is 5.91 Å². The van der Waals surface area contributed by atoms with Crippen LogP contribution in [0.1, 0.15) is 18.5 Å². The SMILES string of the molecule is CC1=C(C(=O)Nc2ccccc2)[C@H](c2cccc(I)c2)n2c(nc3ccccc32)N1. The fraction of sp³-hybridized carbons (Fsp3) is 0.0833. The van der Waals surface area contributed by atoms with Gasteiger partial charge in [0, 0.05) is 15.0 Å². The van der Waals surface area contributed by atoms with Gasteiger partial charge in [0.1, 0.15) is 0 Å². The van der Waals surface area contributed by atoms with Crippen molar-refractivity contribution >= 4 is 51.2 Å². The van der Waals surface area contributed by atoms with Crippen molar-refractivity contribution in [3.63, 3.8) is 0 Å². The third kappa shape index (κ3) is 3.27. The lowest BCUT2D eigenvalue weighted by atomic mass is 9.94. The quantitative estimate of drug-likeness (QED) is 0.358. The Hall–Kier alpha value is -3.13. The number of hydrogen-bond donors (Lipinski definition) is 2. The Morgan fingerprint density at radius 2 is 1.80 bits per heavy atom. The molecule has 6 heteroatoms. The van der Waals surface area contributed by atoms with Crippen molar-refractivity contribution in [2.75, 3.05) is 10.6 Å². The molecule has 0 spiro atoms. The summed E-state index contributed by atoms with van der Waals surface area (Å²) < 4.78 is 3.24. The van der Waals surface area contributed by atoms with Crippen LogP contribution in [0.3, 0.4) is 0 Å². The smallest absolute Gasteiger partial charge is 0.255 e. The zero-order valence-corrected chi connectivity index (χ0v) is 18.4. The van der Waals surface area contributed by atoms with E-state index in [-0.39, 0.29) is 11.9 Å². The second-order valence-electron chi connectivity index (χ2n) is 7.24. The zero-order valence-electron chi connectivity index (χ0n) is 16.3. The zero-order chi connectivity index (χ0) is 20.7. The molecule has 2 N–H and O–H groups in total. The van der Waals surface area contributed by atoms with Gasteiger partial charge in [-0.3, -0.25) is 9.36 Å². The highest BCUT2D eigenvalue weighted by molar-refractivity contribution is 14.1. The molecule has 1 aliphatic heterocycles. The van der Waals surface area contributed by atoms with Crippen LogP contribution in [0, 0.1) is 3.57 Å². The predicted molar refractivity (Wildman–Crippen MR) is 128 cm³/mol. The van der Waals surface area contributed by atoms with Gasteiger partial charge in [-0.15, -0.1) is 0 Å². The molecule has 30 heavy (non-hydrogen) atoms. The van der Waals surface area contributed by atoms with E-state index in [1.54, 1.807) is 0 Å². The standard InChI is InChI=1S/C24H19IN4O/c1-15-21(23(30)27-18-10-3-2-4-11-18)22(16-8-7-9-17(25)14-16)29-20-13-6-5-12-19(20)28-24(29)26-15/h2-14,22H,1H3,(H,26,28)(H,27,30)/t22-/m0/s1. The van der Waals surface area contributed by atoms with E-state index < -0.39 is 0 Å². The molecule has 1 aromatic heterocycles. The third-order valence-electron chi connectivity index (χ3n) is 5.27. The Bertz CT molecular complexity index is 1290. The second kappa shape index (κ2) is 7.60. The molecule has 5 rings (SSSR count). The number of rotatable bonds is 3. The van der Waals surface area contributed by atoms with Crippen molar-refractivity contribution in [3.8, 4) is 0 Å². The topological polar surface area (TPSA) is 59.0 Å². The molecule has 3 aromatic carbocycles. The maximum Gasteiger partial charge on any atom is 0.255 e. The third-order valence-corrected chi connectivity index (χ3v) is 5.94. The first kappa shape index (κ1) is 18.9. The maximum absolute atomic E-state index is 13.5. The highest BCUT2D eigenvalue weighted by atomic mass is 127. The Morgan fingerprint density at radius 3 is 2.60 bits per heavy atom. The van der Waals surface area contributed by atoms with E-state index in [0.29, 0.717) is 5.57 Å². The largest absolute Gasteiger partial charge is 0.329 e. The summed E-state index contributed by atoms with van der Waals surface area (Å²) in [5.74, 6) is 0.618. The summed E-state index contributed by atoms with van der Waals surface area (Å²) in [5, 5.41) is 6.40. The van der Waals surface area contributed by atoms with E-state index in [0.717, 1.165) is 37.5 Å². The van der Waals surface area contributed by atoms with Crippen molar-refractivity contribution < 1.29 is 4.79 Å². The molecule has 0 unspecified atom stereocenters. The van der Waals surface area contributed by atoms with Crippen LogP contribution in [0.25, 0.3) is 11.0 Å². The van der Waals surface area contributed by atoms with Gasteiger partial charge < -0.3 is 10.6 Å². The molecule has 1 aliphatic rings. The van der Waals surface area contributed by atoms with Crippen LogP contribution in [-0.2, 0) is 4.79 Å². The van der Waals surface area contributed by atoms with Crippen LogP contribution >= 0.6 is 22.6 Å². The van der Waals surface area contributed by atoms with Gasteiger partial charge in [-0.25, -0.2) is 4.98 Å². The van der Waals surface area contributed by atoms with Gasteiger partial charge >= 0.3 is 0 Å². The highest BCUT2D eigenvalue weighted by Gasteiger charge is 2.34. The normalized spacial score (nSPS) is 15.6. The van der Waals surface area contributed by atoms with Gasteiger partial charge in [0.05, 0.1) is 22.6 Å². The number of nitrogens with zero attached hydrogens (tertiary/aromatic N) is 2. The Balaban J connectivity index is 1.69. The minimum atomic E-state index is -0.285. The number of hydrogen-bond acceptors (Lipinski definition) is 3. The molecule has 2 heterocycles. The average molecular weight is 506 g/mol. The number of benzene rings is 3. The highest BCUT2D eigenvalue weighted by Crippen LogP contribution is 2.39. The molecule has 0 radical (unpaired) electrons. The van der Waals surface area contributed by atoms with E-state index in [9.17, 15) is 4.79 Å². The molecule has 4 aromatic rings. The number of anilines is 2. The molecule has 0 saturated heterocycles. The minimum Gasteiger partial charge on any atom is -0.329 e. The van der Waals surface area contributed by atoms with Crippen molar-refractivity contribution in [2.45, 2.75) is 13.0 Å². The van der Waals surface area contributed by atoms with E-state index in [4.69, 9.17) is 4.98 Å². The Morgan fingerprint density at radius 1 is 1.03 bits per heavy atom. The van der Waals surface area contributed by atoms with Gasteiger partial charge in [0.15, 0.2) is 0 Å². The summed E-state index contributed by atoms with van der Waals surface area (Å²) in [7, 11) is 0. The fourth-order valence-corrected chi connectivity index (χ4v) is 4.54. The molecule has 5 nitrogen and oxygen atoms in total. The van der Waals surface area contributed by atoms with Crippen LogP contribution in [0.15, 0.2) is 90.1 Å². The van der Waals surface area contributed by atoms with E-state index >= 15 is 0 Å². The molecule has 0 saturated carbocycles. The number of aromatic nitrogens is 2. The molecular weight excluding hydrogens is 487 g/mol. The van der Waals surface area contributed by atoms with E-state index in [1.807, 2.05) is 67.6 Å². The summed E-state index contributed by atoms with van der Waals surface area (Å²) >= 11 is 2.31. The summed E-state index contributed by atoms with van der Waals surface area (Å²) in [5.41, 5.74) is 5.18. The van der Waals surface area contributed by atoms with Crippen molar-refractivity contribution in [1.29, 1.82) is 0 Å². The first-order valence-corrected chi connectivity index (χ1v) is 10.8. The lowest BCUT2D eigenvalue weighted by Crippen LogP contribution is -2.31. The van der Waals surface area contributed by atoms with Crippen LogP contribution in [0.4, 0.5) is 11.6 Å². The molecular formula is C24H19IN4O. The number of para-hydroxylation sites is 3. The van der Waals surface area contributed by atoms with Gasteiger partial charge in [0.2, 0.25) is 5.95 Å².